The predicted molar refractivity (Wildman–Crippen MR) is 116 cm³/mol. The third-order valence-corrected chi connectivity index (χ3v) is 5.92. The molecule has 0 fully saturated rings. The number of hydrogen-bond acceptors (Lipinski definition) is 3. The summed E-state index contributed by atoms with van der Waals surface area (Å²) in [5, 5.41) is 2.64. The number of likely N-dealkylation sites (N-methyl/N-ethyl adjacent to an activating group) is 1. The first-order valence-corrected chi connectivity index (χ1v) is 10.7. The summed E-state index contributed by atoms with van der Waals surface area (Å²) >= 11 is 4.99. The Kier molecular flexibility index (Phi) is 8.38. The van der Waals surface area contributed by atoms with Gasteiger partial charge in [-0.1, -0.05) is 52.3 Å². The zero-order chi connectivity index (χ0) is 19.8. The molecule has 0 aromatic heterocycles. The van der Waals surface area contributed by atoms with E-state index in [4.69, 9.17) is 0 Å². The molecule has 4 nitrogen and oxygen atoms in total. The van der Waals surface area contributed by atoms with Crippen LogP contribution >= 0.6 is 27.7 Å². The minimum atomic E-state index is -0.523. The van der Waals surface area contributed by atoms with E-state index in [1.807, 2.05) is 36.4 Å². The molecule has 0 radical (unpaired) electrons. The average Bonchev–Trinajstić information content (AvgIpc) is 2.67. The number of halogens is 1. The molecule has 6 heteroatoms. The van der Waals surface area contributed by atoms with Gasteiger partial charge in [0.05, 0.1) is 5.75 Å². The number of rotatable bonds is 8. The second kappa shape index (κ2) is 10.5. The number of nitrogens with zero attached hydrogens (tertiary/aromatic N) is 1. The number of thioether (sulfide) groups is 1. The molecule has 0 aliphatic rings. The van der Waals surface area contributed by atoms with Gasteiger partial charge in [0.1, 0.15) is 6.04 Å². The maximum atomic E-state index is 12.9. The normalized spacial score (nSPS) is 11.7. The number of carbonyl (C=O) groups is 2. The van der Waals surface area contributed by atoms with Gasteiger partial charge in [0.25, 0.3) is 0 Å². The van der Waals surface area contributed by atoms with Crippen LogP contribution in [0.15, 0.2) is 53.0 Å². The van der Waals surface area contributed by atoms with Crippen molar-refractivity contribution in [1.82, 2.24) is 10.2 Å². The van der Waals surface area contributed by atoms with Gasteiger partial charge in [-0.25, -0.2) is 0 Å². The molecule has 0 spiro atoms. The number of nitrogens with one attached hydrogen (secondary N) is 1. The fourth-order valence-corrected chi connectivity index (χ4v) is 3.93. The standard InChI is InChI=1S/C21H25BrN2O2S/c1-15-6-4-5-7-18(15)13-27-14-20(25)24(16(2)21(26)23-3)12-17-8-10-19(22)11-9-17/h4-11,16H,12-14H2,1-3H3,(H,23,26). The highest BCUT2D eigenvalue weighted by Crippen LogP contribution is 2.19. The first-order chi connectivity index (χ1) is 12.9. The summed E-state index contributed by atoms with van der Waals surface area (Å²) in [7, 11) is 1.59. The van der Waals surface area contributed by atoms with Crippen LogP contribution in [0.5, 0.6) is 0 Å². The van der Waals surface area contributed by atoms with Gasteiger partial charge in [-0.3, -0.25) is 9.59 Å². The Labute approximate surface area is 173 Å². The maximum absolute atomic E-state index is 12.9. The lowest BCUT2D eigenvalue weighted by atomic mass is 10.1. The summed E-state index contributed by atoms with van der Waals surface area (Å²) in [6.45, 7) is 4.25. The van der Waals surface area contributed by atoms with Crippen molar-refractivity contribution in [3.8, 4) is 0 Å². The fraction of sp³-hybridized carbons (Fsp3) is 0.333. The summed E-state index contributed by atoms with van der Waals surface area (Å²) in [5.74, 6) is 0.919. The van der Waals surface area contributed by atoms with E-state index in [-0.39, 0.29) is 11.8 Å². The first kappa shape index (κ1) is 21.5. The molecule has 144 valence electrons. The molecule has 0 heterocycles. The van der Waals surface area contributed by atoms with Crippen LogP contribution in [0.25, 0.3) is 0 Å². The molecule has 1 unspecified atom stereocenters. The van der Waals surface area contributed by atoms with E-state index in [0.29, 0.717) is 12.3 Å². The molecule has 1 atom stereocenters. The number of hydrogen-bond donors (Lipinski definition) is 1. The smallest absolute Gasteiger partial charge is 0.242 e. The van der Waals surface area contributed by atoms with Crippen LogP contribution in [0.3, 0.4) is 0 Å². The van der Waals surface area contributed by atoms with Gasteiger partial charge in [0.15, 0.2) is 0 Å². The zero-order valence-corrected chi connectivity index (χ0v) is 18.3. The van der Waals surface area contributed by atoms with Crippen LogP contribution in [0, 0.1) is 6.92 Å². The highest BCUT2D eigenvalue weighted by Gasteiger charge is 2.25. The highest BCUT2D eigenvalue weighted by molar-refractivity contribution is 9.10. The molecular formula is C21H25BrN2O2S. The summed E-state index contributed by atoms with van der Waals surface area (Å²) < 4.78 is 0.984. The van der Waals surface area contributed by atoms with Crippen molar-refractivity contribution in [2.45, 2.75) is 32.2 Å². The SMILES string of the molecule is CNC(=O)C(C)N(Cc1ccc(Br)cc1)C(=O)CSCc1ccccc1C. The third-order valence-electron chi connectivity index (χ3n) is 4.42. The second-order valence-electron chi connectivity index (χ2n) is 6.36. The second-order valence-corrected chi connectivity index (χ2v) is 8.26. The van der Waals surface area contributed by atoms with Crippen molar-refractivity contribution in [3.63, 3.8) is 0 Å². The van der Waals surface area contributed by atoms with E-state index in [0.717, 1.165) is 15.8 Å². The van der Waals surface area contributed by atoms with Gasteiger partial charge >= 0.3 is 0 Å². The quantitative estimate of drug-likeness (QED) is 0.659. The van der Waals surface area contributed by atoms with Crippen molar-refractivity contribution < 1.29 is 9.59 Å². The molecular weight excluding hydrogens is 424 g/mol. The van der Waals surface area contributed by atoms with Gasteiger partial charge in [-0.15, -0.1) is 11.8 Å². The summed E-state index contributed by atoms with van der Waals surface area (Å²) in [5.41, 5.74) is 3.45. The summed E-state index contributed by atoms with van der Waals surface area (Å²) in [4.78, 5) is 26.6. The van der Waals surface area contributed by atoms with Gasteiger partial charge in [0.2, 0.25) is 11.8 Å². The molecule has 2 rings (SSSR count). The average molecular weight is 449 g/mol. The predicted octanol–water partition coefficient (Wildman–Crippen LogP) is 4.15. The van der Waals surface area contributed by atoms with E-state index >= 15 is 0 Å². The highest BCUT2D eigenvalue weighted by atomic mass is 79.9. The molecule has 1 N–H and O–H groups in total. The largest absolute Gasteiger partial charge is 0.357 e. The minimum Gasteiger partial charge on any atom is -0.357 e. The van der Waals surface area contributed by atoms with E-state index in [1.165, 1.54) is 11.1 Å². The monoisotopic (exact) mass is 448 g/mol. The van der Waals surface area contributed by atoms with Crippen LogP contribution in [0.4, 0.5) is 0 Å². The van der Waals surface area contributed by atoms with Crippen molar-refractivity contribution in [2.75, 3.05) is 12.8 Å². The Morgan fingerprint density at radius 2 is 1.81 bits per heavy atom. The molecule has 27 heavy (non-hydrogen) atoms. The Morgan fingerprint density at radius 3 is 2.44 bits per heavy atom. The van der Waals surface area contributed by atoms with Crippen LogP contribution in [0.2, 0.25) is 0 Å². The third kappa shape index (κ3) is 6.40. The van der Waals surface area contributed by atoms with E-state index in [2.05, 4.69) is 40.3 Å². The Morgan fingerprint density at radius 1 is 1.15 bits per heavy atom. The lowest BCUT2D eigenvalue weighted by molar-refractivity contribution is -0.138. The molecule has 0 saturated carbocycles. The van der Waals surface area contributed by atoms with Crippen molar-refractivity contribution >= 4 is 39.5 Å². The van der Waals surface area contributed by atoms with Crippen molar-refractivity contribution in [1.29, 1.82) is 0 Å². The minimum absolute atomic E-state index is 0.0346. The van der Waals surface area contributed by atoms with Crippen LogP contribution in [-0.4, -0.2) is 35.6 Å². The van der Waals surface area contributed by atoms with E-state index in [1.54, 1.807) is 30.6 Å². The Hall–Kier alpha value is -1.79. The zero-order valence-electron chi connectivity index (χ0n) is 15.9. The van der Waals surface area contributed by atoms with Crippen molar-refractivity contribution in [3.05, 3.63) is 69.7 Å². The van der Waals surface area contributed by atoms with Gasteiger partial charge < -0.3 is 10.2 Å². The molecule has 0 saturated heterocycles. The molecule has 0 aliphatic heterocycles. The Balaban J connectivity index is 2.04. The molecule has 2 aromatic rings. The number of benzene rings is 2. The van der Waals surface area contributed by atoms with Gasteiger partial charge in [-0.05, 0) is 42.7 Å². The van der Waals surface area contributed by atoms with E-state index in [9.17, 15) is 9.59 Å². The van der Waals surface area contributed by atoms with E-state index < -0.39 is 6.04 Å². The lowest BCUT2D eigenvalue weighted by Crippen LogP contribution is -2.47. The lowest BCUT2D eigenvalue weighted by Gasteiger charge is -2.28. The summed E-state index contributed by atoms with van der Waals surface area (Å²) in [6.07, 6.45) is 0. The number of aryl methyl sites for hydroxylation is 1. The van der Waals surface area contributed by atoms with Gasteiger partial charge in [0, 0.05) is 23.8 Å². The summed E-state index contributed by atoms with van der Waals surface area (Å²) in [6, 6.07) is 15.5. The van der Waals surface area contributed by atoms with Gasteiger partial charge in [-0.2, -0.15) is 0 Å². The number of carbonyl (C=O) groups excluding carboxylic acids is 2. The molecule has 2 aromatic carbocycles. The topological polar surface area (TPSA) is 49.4 Å². The molecule has 2 amide bonds. The molecule has 0 bridgehead atoms. The maximum Gasteiger partial charge on any atom is 0.242 e. The Bertz CT molecular complexity index is 780. The van der Waals surface area contributed by atoms with Crippen molar-refractivity contribution in [2.24, 2.45) is 0 Å². The van der Waals surface area contributed by atoms with Crippen LogP contribution < -0.4 is 5.32 Å². The van der Waals surface area contributed by atoms with Crippen LogP contribution in [-0.2, 0) is 21.9 Å². The fourth-order valence-electron chi connectivity index (χ4n) is 2.68. The first-order valence-electron chi connectivity index (χ1n) is 8.80. The molecule has 0 aliphatic carbocycles. The van der Waals surface area contributed by atoms with Crippen LogP contribution in [0.1, 0.15) is 23.6 Å². The number of amides is 2.